The molecule has 0 amide bonds. The molecule has 0 aliphatic heterocycles. The van der Waals surface area contributed by atoms with Crippen molar-refractivity contribution in [1.82, 2.24) is 9.71 Å². The second-order valence-electron chi connectivity index (χ2n) is 3.28. The van der Waals surface area contributed by atoms with Gasteiger partial charge in [0.1, 0.15) is 4.90 Å². The Hall–Kier alpha value is -0.690. The van der Waals surface area contributed by atoms with E-state index in [1.165, 1.54) is 25.6 Å². The van der Waals surface area contributed by atoms with E-state index in [1.807, 2.05) is 0 Å². The van der Waals surface area contributed by atoms with Crippen molar-refractivity contribution in [2.75, 3.05) is 13.7 Å². The summed E-state index contributed by atoms with van der Waals surface area (Å²) >= 11 is 5.78. The van der Waals surface area contributed by atoms with Crippen molar-refractivity contribution < 1.29 is 13.2 Å². The maximum atomic E-state index is 11.8. The summed E-state index contributed by atoms with van der Waals surface area (Å²) in [4.78, 5) is 3.70. The number of nitrogens with zero attached hydrogens (tertiary/aromatic N) is 1. The molecule has 5 nitrogen and oxygen atoms in total. The molecule has 1 aromatic heterocycles. The van der Waals surface area contributed by atoms with Crippen molar-refractivity contribution in [2.24, 2.45) is 0 Å². The van der Waals surface area contributed by atoms with E-state index in [4.69, 9.17) is 16.3 Å². The number of halogens is 1. The summed E-state index contributed by atoms with van der Waals surface area (Å²) in [5.41, 5.74) is 0. The van der Waals surface area contributed by atoms with Gasteiger partial charge in [0.15, 0.2) is 0 Å². The van der Waals surface area contributed by atoms with Crippen molar-refractivity contribution in [3.05, 3.63) is 23.5 Å². The van der Waals surface area contributed by atoms with Gasteiger partial charge in [-0.2, -0.15) is 0 Å². The molecule has 0 bridgehead atoms. The maximum absolute atomic E-state index is 11.8. The van der Waals surface area contributed by atoms with E-state index in [2.05, 4.69) is 9.71 Å². The molecular weight excluding hydrogens is 252 g/mol. The Balaban J connectivity index is 2.91. The molecule has 1 heterocycles. The van der Waals surface area contributed by atoms with Gasteiger partial charge in [-0.1, -0.05) is 11.6 Å². The largest absolute Gasteiger partial charge is 0.383 e. The van der Waals surface area contributed by atoms with E-state index in [-0.39, 0.29) is 22.6 Å². The highest BCUT2D eigenvalue weighted by Gasteiger charge is 2.20. The smallest absolute Gasteiger partial charge is 0.243 e. The summed E-state index contributed by atoms with van der Waals surface area (Å²) in [6.07, 6.45) is 2.64. The second-order valence-corrected chi connectivity index (χ2v) is 5.37. The number of hydrogen-bond acceptors (Lipinski definition) is 4. The third-order valence-corrected chi connectivity index (χ3v) is 3.86. The molecule has 1 rings (SSSR count). The minimum Gasteiger partial charge on any atom is -0.383 e. The molecule has 1 unspecified atom stereocenters. The second kappa shape index (κ2) is 5.58. The highest BCUT2D eigenvalue weighted by atomic mass is 35.5. The van der Waals surface area contributed by atoms with Gasteiger partial charge in [0.2, 0.25) is 10.0 Å². The number of rotatable bonds is 5. The average Bonchev–Trinajstić information content (AvgIpc) is 2.17. The molecule has 0 saturated heterocycles. The van der Waals surface area contributed by atoms with Crippen LogP contribution >= 0.6 is 11.6 Å². The van der Waals surface area contributed by atoms with Crippen LogP contribution in [0.2, 0.25) is 5.02 Å². The SMILES string of the molecule is COCC(C)NS(=O)(=O)c1cnccc1Cl. The first-order valence-electron chi connectivity index (χ1n) is 4.58. The van der Waals surface area contributed by atoms with Crippen LogP contribution in [0.3, 0.4) is 0 Å². The fourth-order valence-electron chi connectivity index (χ4n) is 1.17. The van der Waals surface area contributed by atoms with E-state index in [0.29, 0.717) is 0 Å². The first kappa shape index (κ1) is 13.4. The lowest BCUT2D eigenvalue weighted by molar-refractivity contribution is 0.180. The number of sulfonamides is 1. The predicted molar refractivity (Wildman–Crippen MR) is 60.9 cm³/mol. The monoisotopic (exact) mass is 264 g/mol. The summed E-state index contributed by atoms with van der Waals surface area (Å²) in [6, 6.07) is 1.10. The minimum atomic E-state index is -3.64. The summed E-state index contributed by atoms with van der Waals surface area (Å²) in [5.74, 6) is 0. The third kappa shape index (κ3) is 3.41. The molecule has 0 aromatic carbocycles. The van der Waals surface area contributed by atoms with Crippen LogP contribution in [0.15, 0.2) is 23.4 Å². The Kier molecular flexibility index (Phi) is 4.67. The topological polar surface area (TPSA) is 68.3 Å². The number of pyridine rings is 1. The van der Waals surface area contributed by atoms with Crippen LogP contribution in [0, 0.1) is 0 Å². The highest BCUT2D eigenvalue weighted by molar-refractivity contribution is 7.89. The van der Waals surface area contributed by atoms with E-state index in [9.17, 15) is 8.42 Å². The van der Waals surface area contributed by atoms with Gasteiger partial charge >= 0.3 is 0 Å². The molecule has 1 aromatic rings. The fourth-order valence-corrected chi connectivity index (χ4v) is 2.83. The molecule has 0 radical (unpaired) electrons. The molecule has 0 saturated carbocycles. The third-order valence-electron chi connectivity index (χ3n) is 1.80. The molecule has 1 atom stereocenters. The zero-order chi connectivity index (χ0) is 12.2. The molecule has 0 aliphatic carbocycles. The summed E-state index contributed by atoms with van der Waals surface area (Å²) < 4.78 is 31.0. The van der Waals surface area contributed by atoms with Crippen LogP contribution in [0.1, 0.15) is 6.92 Å². The summed E-state index contributed by atoms with van der Waals surface area (Å²) in [5, 5.41) is 0.145. The Morgan fingerprint density at radius 1 is 1.62 bits per heavy atom. The van der Waals surface area contributed by atoms with E-state index < -0.39 is 10.0 Å². The van der Waals surface area contributed by atoms with Crippen LogP contribution in [-0.2, 0) is 14.8 Å². The average molecular weight is 265 g/mol. The molecule has 0 spiro atoms. The van der Waals surface area contributed by atoms with Gasteiger partial charge in [0, 0.05) is 25.5 Å². The van der Waals surface area contributed by atoms with Gasteiger partial charge in [0.25, 0.3) is 0 Å². The van der Waals surface area contributed by atoms with E-state index in [0.717, 1.165) is 0 Å². The van der Waals surface area contributed by atoms with Gasteiger partial charge in [-0.05, 0) is 13.0 Å². The van der Waals surface area contributed by atoms with E-state index >= 15 is 0 Å². The highest BCUT2D eigenvalue weighted by Crippen LogP contribution is 2.19. The van der Waals surface area contributed by atoms with Crippen molar-refractivity contribution in [3.8, 4) is 0 Å². The summed E-state index contributed by atoms with van der Waals surface area (Å²) in [7, 11) is -2.13. The molecule has 16 heavy (non-hydrogen) atoms. The molecule has 90 valence electrons. The van der Waals surface area contributed by atoms with Gasteiger partial charge in [-0.25, -0.2) is 13.1 Å². The van der Waals surface area contributed by atoms with Crippen molar-refractivity contribution in [1.29, 1.82) is 0 Å². The van der Waals surface area contributed by atoms with Crippen LogP contribution in [0.4, 0.5) is 0 Å². The summed E-state index contributed by atoms with van der Waals surface area (Å²) in [6.45, 7) is 1.99. The first-order chi connectivity index (χ1) is 7.47. The van der Waals surface area contributed by atoms with Crippen LogP contribution < -0.4 is 4.72 Å². The van der Waals surface area contributed by atoms with E-state index in [1.54, 1.807) is 6.92 Å². The Morgan fingerprint density at radius 2 is 2.31 bits per heavy atom. The molecule has 0 fully saturated rings. The number of methoxy groups -OCH3 is 1. The number of ether oxygens (including phenoxy) is 1. The number of hydrogen-bond donors (Lipinski definition) is 1. The standard InChI is InChI=1S/C9H13ClN2O3S/c1-7(6-15-2)12-16(13,14)9-5-11-4-3-8(9)10/h3-5,7,12H,6H2,1-2H3. The van der Waals surface area contributed by atoms with Crippen molar-refractivity contribution >= 4 is 21.6 Å². The van der Waals surface area contributed by atoms with Gasteiger partial charge < -0.3 is 4.74 Å². The number of aromatic nitrogens is 1. The Labute approximate surface area is 99.8 Å². The molecular formula is C9H13ClN2O3S. The van der Waals surface area contributed by atoms with Crippen LogP contribution in [0.5, 0.6) is 0 Å². The normalized spacial score (nSPS) is 13.7. The minimum absolute atomic E-state index is 0.0281. The zero-order valence-electron chi connectivity index (χ0n) is 8.97. The Bertz CT molecular complexity index is 450. The molecule has 7 heteroatoms. The molecule has 0 aliphatic rings. The van der Waals surface area contributed by atoms with Gasteiger partial charge in [-0.15, -0.1) is 0 Å². The Morgan fingerprint density at radius 3 is 2.88 bits per heavy atom. The van der Waals surface area contributed by atoms with Crippen LogP contribution in [-0.4, -0.2) is 33.2 Å². The lowest BCUT2D eigenvalue weighted by Crippen LogP contribution is -2.35. The fraction of sp³-hybridized carbons (Fsp3) is 0.444. The van der Waals surface area contributed by atoms with Gasteiger partial charge in [-0.3, -0.25) is 4.98 Å². The number of nitrogens with one attached hydrogen (secondary N) is 1. The maximum Gasteiger partial charge on any atom is 0.243 e. The zero-order valence-corrected chi connectivity index (χ0v) is 10.5. The quantitative estimate of drug-likeness (QED) is 0.863. The van der Waals surface area contributed by atoms with Crippen molar-refractivity contribution in [3.63, 3.8) is 0 Å². The molecule has 1 N–H and O–H groups in total. The predicted octanol–water partition coefficient (Wildman–Crippen LogP) is 1.05. The first-order valence-corrected chi connectivity index (χ1v) is 6.44. The lowest BCUT2D eigenvalue weighted by Gasteiger charge is -2.13. The lowest BCUT2D eigenvalue weighted by atomic mass is 10.4. The van der Waals surface area contributed by atoms with Crippen LogP contribution in [0.25, 0.3) is 0 Å². The van der Waals surface area contributed by atoms with Gasteiger partial charge in [0.05, 0.1) is 11.6 Å². The van der Waals surface area contributed by atoms with Crippen molar-refractivity contribution in [2.45, 2.75) is 17.9 Å².